The number of halogens is 2. The molecular weight excluding hydrogens is 355 g/mol. The van der Waals surface area contributed by atoms with Crippen LogP contribution in [0.15, 0.2) is 54.7 Å². The molecule has 0 aliphatic carbocycles. The minimum atomic E-state index is 0.0310. The van der Waals surface area contributed by atoms with Crippen molar-refractivity contribution in [2.75, 3.05) is 0 Å². The summed E-state index contributed by atoms with van der Waals surface area (Å²) in [6, 6.07) is 15.3. The maximum atomic E-state index is 12.7. The predicted octanol–water partition coefficient (Wildman–Crippen LogP) is 4.58. The molecule has 3 aromatic rings. The van der Waals surface area contributed by atoms with E-state index in [4.69, 9.17) is 23.2 Å². The zero-order valence-corrected chi connectivity index (χ0v) is 15.1. The Morgan fingerprint density at radius 1 is 1.08 bits per heavy atom. The van der Waals surface area contributed by atoms with Gasteiger partial charge in [-0.15, -0.1) is 0 Å². The van der Waals surface area contributed by atoms with Crippen molar-refractivity contribution in [3.63, 3.8) is 0 Å². The number of hydrogen-bond donors (Lipinski definition) is 0. The summed E-state index contributed by atoms with van der Waals surface area (Å²) in [6.45, 7) is 1.30. The van der Waals surface area contributed by atoms with E-state index in [2.05, 4.69) is 27.5 Å². The first-order chi connectivity index (χ1) is 12.1. The minimum absolute atomic E-state index is 0.0310. The van der Waals surface area contributed by atoms with E-state index in [1.807, 2.05) is 18.2 Å². The first-order valence-corrected chi connectivity index (χ1v) is 9.04. The van der Waals surface area contributed by atoms with Gasteiger partial charge in [0.15, 0.2) is 12.2 Å². The molecule has 0 amide bonds. The number of carbonyl (C=O) groups is 1. The van der Waals surface area contributed by atoms with Crippen LogP contribution in [-0.2, 0) is 19.5 Å². The van der Waals surface area contributed by atoms with Gasteiger partial charge in [-0.2, -0.15) is 0 Å². The van der Waals surface area contributed by atoms with Crippen LogP contribution < -0.4 is 4.57 Å². The van der Waals surface area contributed by atoms with Crippen molar-refractivity contribution in [3.8, 4) is 11.3 Å². The van der Waals surface area contributed by atoms with E-state index in [9.17, 15) is 4.79 Å². The molecule has 5 heteroatoms. The monoisotopic (exact) mass is 371 g/mol. The molecule has 1 aromatic heterocycles. The highest BCUT2D eigenvalue weighted by atomic mass is 35.5. The molecule has 1 aliphatic rings. The highest BCUT2D eigenvalue weighted by Gasteiger charge is 2.29. The van der Waals surface area contributed by atoms with Gasteiger partial charge in [0.25, 0.3) is 5.82 Å². The van der Waals surface area contributed by atoms with Crippen LogP contribution in [0, 0.1) is 0 Å². The van der Waals surface area contributed by atoms with Gasteiger partial charge in [0.2, 0.25) is 5.78 Å². The average molecular weight is 372 g/mol. The first-order valence-electron chi connectivity index (χ1n) is 8.29. The van der Waals surface area contributed by atoms with Gasteiger partial charge < -0.3 is 0 Å². The van der Waals surface area contributed by atoms with E-state index in [0.29, 0.717) is 22.2 Å². The number of carbonyl (C=O) groups excluding carboxylic acids is 1. The molecule has 2 aromatic carbocycles. The third-order valence-corrected chi connectivity index (χ3v) is 5.36. The van der Waals surface area contributed by atoms with Crippen LogP contribution in [0.5, 0.6) is 0 Å². The molecular formula is C20H17Cl2N2O+. The van der Waals surface area contributed by atoms with Crippen LogP contribution in [0.2, 0.25) is 10.0 Å². The Kier molecular flexibility index (Phi) is 4.36. The normalized spacial score (nSPS) is 13.0. The lowest BCUT2D eigenvalue weighted by Gasteiger charge is -2.02. The van der Waals surface area contributed by atoms with Gasteiger partial charge in [-0.3, -0.25) is 4.79 Å². The van der Waals surface area contributed by atoms with Crippen molar-refractivity contribution in [1.29, 1.82) is 0 Å². The Hall–Kier alpha value is -2.10. The molecule has 1 aliphatic heterocycles. The van der Waals surface area contributed by atoms with Crippen molar-refractivity contribution < 1.29 is 9.36 Å². The van der Waals surface area contributed by atoms with Crippen LogP contribution in [-0.4, -0.2) is 10.4 Å². The quantitative estimate of drug-likeness (QED) is 0.486. The van der Waals surface area contributed by atoms with Crippen LogP contribution in [0.25, 0.3) is 11.3 Å². The summed E-state index contributed by atoms with van der Waals surface area (Å²) in [6.07, 6.45) is 4.18. The molecule has 4 rings (SSSR count). The predicted molar refractivity (Wildman–Crippen MR) is 99.2 cm³/mol. The smallest absolute Gasteiger partial charge is 0.257 e. The van der Waals surface area contributed by atoms with E-state index < -0.39 is 0 Å². The number of ketones is 1. The second kappa shape index (κ2) is 6.66. The Bertz CT molecular complexity index is 948. The average Bonchev–Trinajstić information content (AvgIpc) is 3.22. The summed E-state index contributed by atoms with van der Waals surface area (Å²) in [5.74, 6) is 1.23. The fourth-order valence-electron chi connectivity index (χ4n) is 3.40. The SMILES string of the molecule is O=C(C[n+]1cc(-c2ccccc2)n2c1CCC2)c1ccc(Cl)c(Cl)c1. The lowest BCUT2D eigenvalue weighted by molar-refractivity contribution is -0.689. The zero-order chi connectivity index (χ0) is 17.4. The molecule has 126 valence electrons. The van der Waals surface area contributed by atoms with Gasteiger partial charge in [0.05, 0.1) is 23.0 Å². The highest BCUT2D eigenvalue weighted by molar-refractivity contribution is 6.42. The maximum Gasteiger partial charge on any atom is 0.257 e. The first kappa shape index (κ1) is 16.4. The molecule has 0 spiro atoms. The van der Waals surface area contributed by atoms with Crippen molar-refractivity contribution in [2.45, 2.75) is 25.9 Å². The number of rotatable bonds is 4. The molecule has 0 saturated heterocycles. The summed E-state index contributed by atoms with van der Waals surface area (Å²) in [7, 11) is 0. The van der Waals surface area contributed by atoms with Crippen molar-refractivity contribution >= 4 is 29.0 Å². The van der Waals surface area contributed by atoms with Gasteiger partial charge in [-0.05, 0) is 24.6 Å². The number of imidazole rings is 1. The van der Waals surface area contributed by atoms with Crippen molar-refractivity contribution in [2.24, 2.45) is 0 Å². The van der Waals surface area contributed by atoms with Crippen molar-refractivity contribution in [1.82, 2.24) is 4.57 Å². The molecule has 2 heterocycles. The molecule has 0 unspecified atom stereocenters. The summed E-state index contributed by atoms with van der Waals surface area (Å²) in [5.41, 5.74) is 2.92. The lowest BCUT2D eigenvalue weighted by Crippen LogP contribution is -2.40. The van der Waals surface area contributed by atoms with Gasteiger partial charge in [0.1, 0.15) is 6.20 Å². The Morgan fingerprint density at radius 2 is 1.88 bits per heavy atom. The largest absolute Gasteiger partial charge is 0.290 e. The Morgan fingerprint density at radius 3 is 2.64 bits per heavy atom. The van der Waals surface area contributed by atoms with Gasteiger partial charge in [-0.25, -0.2) is 9.13 Å². The molecule has 0 radical (unpaired) electrons. The van der Waals surface area contributed by atoms with Gasteiger partial charge in [0, 0.05) is 11.1 Å². The second-order valence-electron chi connectivity index (χ2n) is 6.23. The van der Waals surface area contributed by atoms with Gasteiger partial charge in [-0.1, -0.05) is 53.5 Å². The van der Waals surface area contributed by atoms with E-state index in [-0.39, 0.29) is 5.78 Å². The molecule has 0 atom stereocenters. The Balaban J connectivity index is 1.67. The zero-order valence-electron chi connectivity index (χ0n) is 13.6. The van der Waals surface area contributed by atoms with E-state index in [1.165, 1.54) is 11.4 Å². The number of Topliss-reactive ketones (excluding diaryl/α,β-unsaturated/α-hetero) is 1. The molecule has 0 bridgehead atoms. The molecule has 0 saturated carbocycles. The third-order valence-electron chi connectivity index (χ3n) is 4.62. The van der Waals surface area contributed by atoms with Crippen LogP contribution in [0.1, 0.15) is 22.6 Å². The number of aromatic nitrogens is 2. The maximum absolute atomic E-state index is 12.7. The summed E-state index contributed by atoms with van der Waals surface area (Å²) >= 11 is 12.0. The molecule has 3 nitrogen and oxygen atoms in total. The third kappa shape index (κ3) is 3.10. The van der Waals surface area contributed by atoms with E-state index in [0.717, 1.165) is 25.1 Å². The number of nitrogens with zero attached hydrogens (tertiary/aromatic N) is 2. The van der Waals surface area contributed by atoms with Crippen molar-refractivity contribution in [3.05, 3.63) is 76.2 Å². The molecule has 0 fully saturated rings. The van der Waals surface area contributed by atoms with Crippen LogP contribution in [0.3, 0.4) is 0 Å². The van der Waals surface area contributed by atoms with Crippen LogP contribution >= 0.6 is 23.2 Å². The summed E-state index contributed by atoms with van der Waals surface area (Å²) in [5, 5.41) is 0.867. The minimum Gasteiger partial charge on any atom is -0.290 e. The number of fused-ring (bicyclic) bond motifs is 1. The van der Waals surface area contributed by atoms with Crippen LogP contribution in [0.4, 0.5) is 0 Å². The number of hydrogen-bond acceptors (Lipinski definition) is 1. The number of benzene rings is 2. The van der Waals surface area contributed by atoms with E-state index >= 15 is 0 Å². The summed E-state index contributed by atoms with van der Waals surface area (Å²) < 4.78 is 4.39. The summed E-state index contributed by atoms with van der Waals surface area (Å²) in [4.78, 5) is 12.7. The van der Waals surface area contributed by atoms with Gasteiger partial charge >= 0.3 is 0 Å². The highest BCUT2D eigenvalue weighted by Crippen LogP contribution is 2.25. The molecule has 0 N–H and O–H groups in total. The molecule has 25 heavy (non-hydrogen) atoms. The van der Waals surface area contributed by atoms with E-state index in [1.54, 1.807) is 18.2 Å². The fourth-order valence-corrected chi connectivity index (χ4v) is 3.70. The topological polar surface area (TPSA) is 25.9 Å². The standard InChI is InChI=1S/C20H17Cl2N2O/c21-16-9-8-15(11-17(16)22)19(25)13-23-12-18(14-5-2-1-3-6-14)24-10-4-7-20(23)24/h1-3,5-6,8-9,11-12H,4,7,10,13H2/q+1. The lowest BCUT2D eigenvalue weighted by atomic mass is 10.1. The second-order valence-corrected chi connectivity index (χ2v) is 7.05. The fraction of sp³-hybridized carbons (Fsp3) is 0.200. The Labute approximate surface area is 156 Å².